The molecular formula is C16H20BrNO2. The molecule has 0 radical (unpaired) electrons. The van der Waals surface area contributed by atoms with Crippen molar-refractivity contribution in [3.8, 4) is 5.75 Å². The van der Waals surface area contributed by atoms with E-state index in [2.05, 4.69) is 15.9 Å². The zero-order valence-electron chi connectivity index (χ0n) is 11.5. The maximum Gasteiger partial charge on any atom is 0.257 e. The maximum absolute atomic E-state index is 12.7. The molecule has 0 bridgehead atoms. The zero-order chi connectivity index (χ0) is 14.1. The quantitative estimate of drug-likeness (QED) is 0.842. The Morgan fingerprint density at radius 2 is 1.95 bits per heavy atom. The molecule has 1 aliphatic heterocycles. The van der Waals surface area contributed by atoms with Crippen molar-refractivity contribution < 1.29 is 9.90 Å². The third-order valence-electron chi connectivity index (χ3n) is 4.69. The molecule has 3 rings (SSSR count). The zero-order valence-corrected chi connectivity index (χ0v) is 13.1. The fourth-order valence-electron chi connectivity index (χ4n) is 3.72. The van der Waals surface area contributed by atoms with Crippen LogP contribution in [0.15, 0.2) is 22.7 Å². The van der Waals surface area contributed by atoms with Crippen LogP contribution < -0.4 is 0 Å². The van der Waals surface area contributed by atoms with E-state index in [-0.39, 0.29) is 11.7 Å². The Hall–Kier alpha value is -1.03. The number of halogens is 1. The van der Waals surface area contributed by atoms with Gasteiger partial charge < -0.3 is 10.0 Å². The third-order valence-corrected chi connectivity index (χ3v) is 5.19. The van der Waals surface area contributed by atoms with Gasteiger partial charge in [0.15, 0.2) is 0 Å². The number of phenols is 1. The van der Waals surface area contributed by atoms with E-state index in [1.54, 1.807) is 12.1 Å². The van der Waals surface area contributed by atoms with Gasteiger partial charge in [-0.1, -0.05) is 28.8 Å². The van der Waals surface area contributed by atoms with Crippen molar-refractivity contribution in [2.24, 2.45) is 5.92 Å². The Morgan fingerprint density at radius 3 is 2.75 bits per heavy atom. The summed E-state index contributed by atoms with van der Waals surface area (Å²) in [4.78, 5) is 14.7. The largest absolute Gasteiger partial charge is 0.507 e. The molecule has 1 amide bonds. The minimum absolute atomic E-state index is 0.00778. The topological polar surface area (TPSA) is 40.5 Å². The molecule has 2 atom stereocenters. The molecule has 20 heavy (non-hydrogen) atoms. The fraction of sp³-hybridized carbons (Fsp3) is 0.562. The molecule has 1 heterocycles. The number of hydrogen-bond acceptors (Lipinski definition) is 2. The third kappa shape index (κ3) is 2.58. The van der Waals surface area contributed by atoms with Crippen molar-refractivity contribution in [3.05, 3.63) is 28.2 Å². The van der Waals surface area contributed by atoms with E-state index < -0.39 is 0 Å². The van der Waals surface area contributed by atoms with E-state index in [1.165, 1.54) is 25.7 Å². The van der Waals surface area contributed by atoms with Gasteiger partial charge >= 0.3 is 0 Å². The second-order valence-corrected chi connectivity index (χ2v) is 6.83. The highest BCUT2D eigenvalue weighted by Crippen LogP contribution is 2.36. The van der Waals surface area contributed by atoms with Crippen LogP contribution in [0.3, 0.4) is 0 Å². The Kier molecular flexibility index (Phi) is 4.01. The van der Waals surface area contributed by atoms with Crippen LogP contribution in [0.1, 0.15) is 48.9 Å². The van der Waals surface area contributed by atoms with E-state index in [9.17, 15) is 9.90 Å². The van der Waals surface area contributed by atoms with E-state index in [4.69, 9.17) is 0 Å². The molecule has 1 saturated carbocycles. The van der Waals surface area contributed by atoms with Crippen molar-refractivity contribution in [3.63, 3.8) is 0 Å². The Labute approximate surface area is 128 Å². The van der Waals surface area contributed by atoms with Crippen molar-refractivity contribution >= 4 is 21.8 Å². The molecule has 1 aromatic carbocycles. The molecule has 2 fully saturated rings. The standard InChI is InChI=1S/C16H20BrNO2/c17-12-7-8-13(15(19)10-12)16(20)18-9-3-5-11-4-1-2-6-14(11)18/h7-8,10-11,14,19H,1-6,9H2. The molecule has 1 aromatic rings. The summed E-state index contributed by atoms with van der Waals surface area (Å²) in [6.45, 7) is 0.829. The highest BCUT2D eigenvalue weighted by Gasteiger charge is 2.36. The number of piperidine rings is 1. The fourth-order valence-corrected chi connectivity index (χ4v) is 4.07. The summed E-state index contributed by atoms with van der Waals surface area (Å²) in [5.74, 6) is 0.730. The Morgan fingerprint density at radius 1 is 1.20 bits per heavy atom. The van der Waals surface area contributed by atoms with Crippen LogP contribution in [-0.2, 0) is 0 Å². The number of amides is 1. The number of phenolic OH excluding ortho intramolecular Hbond substituents is 1. The minimum Gasteiger partial charge on any atom is -0.507 e. The predicted molar refractivity (Wildman–Crippen MR) is 81.8 cm³/mol. The highest BCUT2D eigenvalue weighted by molar-refractivity contribution is 9.10. The van der Waals surface area contributed by atoms with E-state index in [0.717, 1.165) is 23.9 Å². The van der Waals surface area contributed by atoms with Crippen LogP contribution >= 0.6 is 15.9 Å². The second-order valence-electron chi connectivity index (χ2n) is 5.91. The average molecular weight is 338 g/mol. The van der Waals surface area contributed by atoms with Crippen LogP contribution in [0.2, 0.25) is 0 Å². The lowest BCUT2D eigenvalue weighted by atomic mass is 9.78. The summed E-state index contributed by atoms with van der Waals surface area (Å²) in [6.07, 6.45) is 7.23. The van der Waals surface area contributed by atoms with Crippen molar-refractivity contribution in [1.29, 1.82) is 0 Å². The van der Waals surface area contributed by atoms with Gasteiger partial charge in [0, 0.05) is 17.1 Å². The maximum atomic E-state index is 12.7. The number of nitrogens with zero attached hydrogens (tertiary/aromatic N) is 1. The number of aromatic hydroxyl groups is 1. The van der Waals surface area contributed by atoms with Gasteiger partial charge in [-0.15, -0.1) is 0 Å². The smallest absolute Gasteiger partial charge is 0.257 e. The number of carbonyl (C=O) groups excluding carboxylic acids is 1. The molecule has 0 spiro atoms. The Bertz CT molecular complexity index is 515. The lowest BCUT2D eigenvalue weighted by molar-refractivity contribution is 0.0388. The van der Waals surface area contributed by atoms with E-state index in [0.29, 0.717) is 17.5 Å². The van der Waals surface area contributed by atoms with Crippen molar-refractivity contribution in [2.75, 3.05) is 6.54 Å². The highest BCUT2D eigenvalue weighted by atomic mass is 79.9. The molecule has 2 aliphatic rings. The predicted octanol–water partition coefficient (Wildman–Crippen LogP) is 3.95. The SMILES string of the molecule is O=C(c1ccc(Br)cc1O)N1CCCC2CCCCC21. The summed E-state index contributed by atoms with van der Waals surface area (Å²) in [7, 11) is 0. The van der Waals surface area contributed by atoms with Gasteiger partial charge in [-0.2, -0.15) is 0 Å². The monoisotopic (exact) mass is 337 g/mol. The van der Waals surface area contributed by atoms with Crippen LogP contribution in [0, 0.1) is 5.92 Å². The van der Waals surface area contributed by atoms with Gasteiger partial charge in [-0.25, -0.2) is 0 Å². The van der Waals surface area contributed by atoms with Gasteiger partial charge in [0.1, 0.15) is 5.75 Å². The van der Waals surface area contributed by atoms with E-state index >= 15 is 0 Å². The first-order chi connectivity index (χ1) is 9.66. The minimum atomic E-state index is -0.00778. The van der Waals surface area contributed by atoms with Crippen LogP contribution in [-0.4, -0.2) is 28.5 Å². The molecule has 1 saturated heterocycles. The summed E-state index contributed by atoms with van der Waals surface area (Å²) >= 11 is 3.31. The van der Waals surface area contributed by atoms with Crippen molar-refractivity contribution in [1.82, 2.24) is 4.90 Å². The molecule has 1 aliphatic carbocycles. The van der Waals surface area contributed by atoms with Gasteiger partial charge in [0.25, 0.3) is 5.91 Å². The summed E-state index contributed by atoms with van der Waals surface area (Å²) in [6, 6.07) is 5.51. The first-order valence-electron chi connectivity index (χ1n) is 7.46. The van der Waals surface area contributed by atoms with Gasteiger partial charge in [0.2, 0.25) is 0 Å². The lowest BCUT2D eigenvalue weighted by Crippen LogP contribution is -2.49. The molecular weight excluding hydrogens is 318 g/mol. The number of likely N-dealkylation sites (tertiary alicyclic amines) is 1. The normalized spacial score (nSPS) is 26.1. The number of fused-ring (bicyclic) bond motifs is 1. The number of benzene rings is 1. The number of hydrogen-bond donors (Lipinski definition) is 1. The number of carbonyl (C=O) groups is 1. The van der Waals surface area contributed by atoms with Gasteiger partial charge in [-0.3, -0.25) is 4.79 Å². The van der Waals surface area contributed by atoms with Crippen LogP contribution in [0.5, 0.6) is 5.75 Å². The van der Waals surface area contributed by atoms with Crippen LogP contribution in [0.25, 0.3) is 0 Å². The Balaban J connectivity index is 1.85. The second kappa shape index (κ2) is 5.76. The molecule has 4 heteroatoms. The molecule has 1 N–H and O–H groups in total. The average Bonchev–Trinajstić information content (AvgIpc) is 2.46. The van der Waals surface area contributed by atoms with Crippen molar-refractivity contribution in [2.45, 2.75) is 44.6 Å². The van der Waals surface area contributed by atoms with E-state index in [1.807, 2.05) is 11.0 Å². The first-order valence-corrected chi connectivity index (χ1v) is 8.25. The molecule has 108 valence electrons. The van der Waals surface area contributed by atoms with Gasteiger partial charge in [-0.05, 0) is 49.8 Å². The first kappa shape index (κ1) is 13.9. The number of rotatable bonds is 1. The summed E-state index contributed by atoms with van der Waals surface area (Å²) in [5, 5.41) is 10.0. The summed E-state index contributed by atoms with van der Waals surface area (Å²) < 4.78 is 0.792. The molecule has 2 unspecified atom stereocenters. The molecule has 3 nitrogen and oxygen atoms in total. The van der Waals surface area contributed by atoms with Gasteiger partial charge in [0.05, 0.1) is 5.56 Å². The summed E-state index contributed by atoms with van der Waals surface area (Å²) in [5.41, 5.74) is 0.430. The van der Waals surface area contributed by atoms with Crippen LogP contribution in [0.4, 0.5) is 0 Å². The lowest BCUT2D eigenvalue weighted by Gasteiger charge is -2.44. The molecule has 0 aromatic heterocycles.